The van der Waals surface area contributed by atoms with Gasteiger partial charge in [0.25, 0.3) is 0 Å². The minimum atomic E-state index is -1.74. The van der Waals surface area contributed by atoms with Crippen LogP contribution in [0, 0.1) is 28.6 Å². The maximum atomic E-state index is 15.4. The van der Waals surface area contributed by atoms with Gasteiger partial charge in [0.05, 0.1) is 11.5 Å². The molecule has 6 aliphatic rings. The van der Waals surface area contributed by atoms with Crippen LogP contribution in [0.1, 0.15) is 104 Å². The first kappa shape index (κ1) is 32.8. The molecule has 0 aliphatic heterocycles. The number of Topliss-reactive ketones (excluding diaryl/α,β-unsaturated/α-hetero) is 1. The second-order valence-corrected chi connectivity index (χ2v) is 16.9. The number of aliphatic hydroxyl groups is 3. The summed E-state index contributed by atoms with van der Waals surface area (Å²) in [5.41, 5.74) is 4.68. The molecule has 0 amide bonds. The number of hydrogen-bond acceptors (Lipinski definition) is 5. The highest BCUT2D eigenvalue weighted by atomic mass is 16.6. The van der Waals surface area contributed by atoms with Gasteiger partial charge in [0.15, 0.2) is 5.79 Å². The van der Waals surface area contributed by atoms with Gasteiger partial charge >= 0.3 is 0 Å². The van der Waals surface area contributed by atoms with Gasteiger partial charge < -0.3 is 20.1 Å². The predicted octanol–water partition coefficient (Wildman–Crippen LogP) is 7.97. The number of carbonyl (C=O) groups excluding carboxylic acids is 1. The summed E-state index contributed by atoms with van der Waals surface area (Å²) in [5, 5.41) is 37.8. The van der Waals surface area contributed by atoms with Gasteiger partial charge in [-0.2, -0.15) is 0 Å². The molecule has 0 radical (unpaired) electrons. The lowest BCUT2D eigenvalue weighted by atomic mass is 9.47. The lowest BCUT2D eigenvalue weighted by Gasteiger charge is -2.55. The molecule has 3 aromatic rings. The summed E-state index contributed by atoms with van der Waals surface area (Å²) in [6, 6.07) is 20.2. The van der Waals surface area contributed by atoms with Crippen LogP contribution in [0.5, 0.6) is 0 Å². The van der Waals surface area contributed by atoms with Crippen LogP contribution in [0.15, 0.2) is 72.8 Å². The summed E-state index contributed by atoms with van der Waals surface area (Å²) < 4.78 is 6.21. The van der Waals surface area contributed by atoms with E-state index < -0.39 is 28.6 Å². The van der Waals surface area contributed by atoms with E-state index in [0.717, 1.165) is 78.8 Å². The Morgan fingerprint density at radius 1 is 0.900 bits per heavy atom. The predicted molar refractivity (Wildman–Crippen MR) is 197 cm³/mol. The van der Waals surface area contributed by atoms with Crippen LogP contribution in [0.4, 0.5) is 0 Å². The van der Waals surface area contributed by atoms with Crippen LogP contribution in [0.3, 0.4) is 0 Å². The Kier molecular flexibility index (Phi) is 7.68. The molecule has 5 heteroatoms. The highest BCUT2D eigenvalue weighted by molar-refractivity contribution is 5.91. The molecule has 2 spiro atoms. The van der Waals surface area contributed by atoms with Gasteiger partial charge in [-0.15, -0.1) is 0 Å². The summed E-state index contributed by atoms with van der Waals surface area (Å²) in [5.74, 6) is -2.38. The molecule has 0 unspecified atom stereocenters. The maximum absolute atomic E-state index is 15.4. The summed E-state index contributed by atoms with van der Waals surface area (Å²) in [6.45, 7) is 4.68. The van der Waals surface area contributed by atoms with E-state index >= 15 is 4.79 Å². The van der Waals surface area contributed by atoms with E-state index in [9.17, 15) is 15.3 Å². The first-order valence-electron chi connectivity index (χ1n) is 19.4. The number of aliphatic hydroxyl groups excluding tert-OH is 2. The third-order valence-electron chi connectivity index (χ3n) is 15.1. The van der Waals surface area contributed by atoms with Gasteiger partial charge in [0, 0.05) is 42.8 Å². The molecule has 50 heavy (non-hydrogen) atoms. The maximum Gasteiger partial charge on any atom is 0.185 e. The fourth-order valence-corrected chi connectivity index (χ4v) is 13.1. The fourth-order valence-electron chi connectivity index (χ4n) is 13.1. The molecular weight excluding hydrogens is 620 g/mol. The molecule has 7 atom stereocenters. The molecule has 3 N–H and O–H groups in total. The molecule has 0 aromatic heterocycles. The zero-order valence-electron chi connectivity index (χ0n) is 29.5. The molecule has 0 saturated heterocycles. The number of aryl methyl sites for hydroxylation is 1. The van der Waals surface area contributed by atoms with Crippen molar-refractivity contribution in [3.8, 4) is 0 Å². The Morgan fingerprint density at radius 2 is 1.70 bits per heavy atom. The average molecular weight is 673 g/mol. The Hall–Kier alpha value is -3.09. The topological polar surface area (TPSA) is 87.0 Å². The number of rotatable bonds is 3. The van der Waals surface area contributed by atoms with E-state index in [-0.39, 0.29) is 42.0 Å². The van der Waals surface area contributed by atoms with Gasteiger partial charge in [-0.05, 0) is 101 Å². The van der Waals surface area contributed by atoms with Crippen molar-refractivity contribution >= 4 is 22.6 Å². The van der Waals surface area contributed by atoms with Crippen molar-refractivity contribution in [2.24, 2.45) is 28.6 Å². The van der Waals surface area contributed by atoms with E-state index in [2.05, 4.69) is 60.7 Å². The molecule has 262 valence electrons. The lowest BCUT2D eigenvalue weighted by molar-refractivity contribution is -0.260. The van der Waals surface area contributed by atoms with Crippen LogP contribution in [-0.4, -0.2) is 46.7 Å². The van der Waals surface area contributed by atoms with Gasteiger partial charge in [-0.25, -0.2) is 0 Å². The van der Waals surface area contributed by atoms with Crippen molar-refractivity contribution < 1.29 is 24.9 Å². The van der Waals surface area contributed by atoms with Gasteiger partial charge in [-0.1, -0.05) is 105 Å². The van der Waals surface area contributed by atoms with Crippen LogP contribution in [-0.2, 0) is 27.8 Å². The third-order valence-corrected chi connectivity index (χ3v) is 15.1. The Bertz CT molecular complexity index is 1900. The lowest BCUT2D eigenvalue weighted by Crippen LogP contribution is -2.60. The van der Waals surface area contributed by atoms with Crippen molar-refractivity contribution in [3.05, 3.63) is 101 Å². The van der Waals surface area contributed by atoms with Crippen LogP contribution in [0.25, 0.3) is 16.8 Å². The van der Waals surface area contributed by atoms with Crippen molar-refractivity contribution in [1.82, 2.24) is 0 Å². The van der Waals surface area contributed by atoms with Crippen LogP contribution in [0.2, 0.25) is 0 Å². The fraction of sp³-hybridized carbons (Fsp3) is 0.533. The number of ketones is 1. The molecule has 4 fully saturated rings. The SMILES string of the molecule is C=C1[C@H]2[C@H](CO)C[C@]3(C(=O)CCc4cccc(c4)C4(CCCC4)[C@@H]4c5cc6cc(ccc6cc5C=C[C@H]4O)C[C@]13C1CCCCC1)[C@]2(O)OC. The quantitative estimate of drug-likeness (QED) is 0.194. The zero-order valence-corrected chi connectivity index (χ0v) is 29.5. The molecule has 3 aromatic carbocycles. The molecule has 7 bridgehead atoms. The van der Waals surface area contributed by atoms with Crippen LogP contribution >= 0.6 is 0 Å². The van der Waals surface area contributed by atoms with Gasteiger partial charge in [-0.3, -0.25) is 4.79 Å². The molecule has 9 rings (SSSR count). The minimum absolute atomic E-state index is 0.0423. The third kappa shape index (κ3) is 4.18. The van der Waals surface area contributed by atoms with Crippen molar-refractivity contribution in [1.29, 1.82) is 0 Å². The summed E-state index contributed by atoms with van der Waals surface area (Å²) in [7, 11) is 1.55. The summed E-state index contributed by atoms with van der Waals surface area (Å²) in [6.07, 6.45) is 15.0. The first-order chi connectivity index (χ1) is 24.2. The van der Waals surface area contributed by atoms with E-state index in [1.165, 1.54) is 23.1 Å². The van der Waals surface area contributed by atoms with Crippen molar-refractivity contribution in [2.75, 3.05) is 13.7 Å². The molecule has 4 saturated carbocycles. The van der Waals surface area contributed by atoms with Crippen molar-refractivity contribution in [2.45, 2.75) is 107 Å². The van der Waals surface area contributed by atoms with Crippen LogP contribution < -0.4 is 0 Å². The number of hydrogen-bond donors (Lipinski definition) is 3. The largest absolute Gasteiger partial charge is 0.396 e. The highest BCUT2D eigenvalue weighted by Crippen LogP contribution is 2.77. The Labute approximate surface area is 296 Å². The molecule has 5 nitrogen and oxygen atoms in total. The number of fused-ring (bicyclic) bond motifs is 6. The monoisotopic (exact) mass is 672 g/mol. The molecule has 0 heterocycles. The molecular formula is C45H52O5. The number of ether oxygens (including phenoxy) is 1. The standard InChI is InChI=1S/C45H52O5/c1-28-40-34(27-46)26-44(45(40,49)50-2)39(48)18-14-29-9-8-12-36(22-29)42(19-6-7-20-42)41-37-24-33-21-30(25-43(28,44)35-10-4-3-5-11-35)13-15-31(33)23-32(37)16-17-38(41)47/h8-9,12-13,15-17,21-24,34-35,38,40-41,46-47,49H,1,3-7,10-11,14,18-20,25-27H2,2H3/t34-,38+,40-,41+,43+,44+,45+/m0/s1. The Balaban J connectivity index is 1.31. The summed E-state index contributed by atoms with van der Waals surface area (Å²) in [4.78, 5) is 15.4. The Morgan fingerprint density at radius 3 is 2.46 bits per heavy atom. The van der Waals surface area contributed by atoms with E-state index in [0.29, 0.717) is 19.3 Å². The smallest absolute Gasteiger partial charge is 0.185 e. The normalized spacial score (nSPS) is 36.2. The van der Waals surface area contributed by atoms with Gasteiger partial charge in [0.1, 0.15) is 5.78 Å². The van der Waals surface area contributed by atoms with Gasteiger partial charge in [0.2, 0.25) is 0 Å². The van der Waals surface area contributed by atoms with E-state index in [1.54, 1.807) is 7.11 Å². The molecule has 6 aliphatic carbocycles. The average Bonchev–Trinajstić information content (AvgIpc) is 3.78. The second kappa shape index (κ2) is 11.7. The zero-order chi connectivity index (χ0) is 34.5. The number of benzene rings is 3. The first-order valence-corrected chi connectivity index (χ1v) is 19.4. The van der Waals surface area contributed by atoms with E-state index in [4.69, 9.17) is 11.3 Å². The highest BCUT2D eigenvalue weighted by Gasteiger charge is 2.83. The number of methoxy groups -OCH3 is 1. The minimum Gasteiger partial charge on any atom is -0.396 e. The van der Waals surface area contributed by atoms with Crippen molar-refractivity contribution in [3.63, 3.8) is 0 Å². The number of carbonyl (C=O) groups is 1. The second-order valence-electron chi connectivity index (χ2n) is 16.9. The summed E-state index contributed by atoms with van der Waals surface area (Å²) >= 11 is 0. The van der Waals surface area contributed by atoms with E-state index in [1.807, 2.05) is 6.08 Å².